The molecular weight excluding hydrogens is 232 g/mol. The first kappa shape index (κ1) is 12.5. The predicted molar refractivity (Wildman–Crippen MR) is 58.4 cm³/mol. The lowest BCUT2D eigenvalue weighted by Crippen LogP contribution is -2.16. The van der Waals surface area contributed by atoms with Crippen LogP contribution in [0, 0.1) is 0 Å². The van der Waals surface area contributed by atoms with Crippen LogP contribution in [0.2, 0.25) is 5.02 Å². The van der Waals surface area contributed by atoms with Crippen LogP contribution in [0.4, 0.5) is 0 Å². The molecule has 0 amide bonds. The van der Waals surface area contributed by atoms with E-state index < -0.39 is 18.5 Å². The van der Waals surface area contributed by atoms with Crippen LogP contribution in [-0.2, 0) is 14.3 Å². The van der Waals surface area contributed by atoms with Gasteiger partial charge in [0, 0.05) is 0 Å². The third-order valence-electron chi connectivity index (χ3n) is 1.72. The van der Waals surface area contributed by atoms with Crippen molar-refractivity contribution in [3.63, 3.8) is 0 Å². The largest absolute Gasteiger partial charge is 0.463 e. The lowest BCUT2D eigenvalue weighted by molar-refractivity contribution is -0.146. The molecule has 0 aromatic heterocycles. The minimum atomic E-state index is -0.640. The topological polar surface area (TPSA) is 52.6 Å². The maximum atomic E-state index is 11.5. The quantitative estimate of drug-likeness (QED) is 0.759. The Labute approximate surface area is 98.1 Å². The van der Waals surface area contributed by atoms with Crippen LogP contribution in [-0.4, -0.2) is 25.2 Å². The van der Waals surface area contributed by atoms with Gasteiger partial charge in [0.1, 0.15) is 0 Å². The molecule has 0 bridgehead atoms. The molecule has 0 fully saturated rings. The van der Waals surface area contributed by atoms with E-state index in [-0.39, 0.29) is 17.2 Å². The van der Waals surface area contributed by atoms with Crippen molar-refractivity contribution in [2.75, 3.05) is 13.2 Å². The highest BCUT2D eigenvalue weighted by molar-refractivity contribution is 6.33. The van der Waals surface area contributed by atoms with Crippen LogP contribution in [0.25, 0.3) is 0 Å². The molecule has 1 aromatic rings. The number of esters is 2. The van der Waals surface area contributed by atoms with Crippen LogP contribution in [0.1, 0.15) is 17.3 Å². The van der Waals surface area contributed by atoms with Gasteiger partial charge in [-0.05, 0) is 19.1 Å². The number of carbonyl (C=O) groups is 2. The molecule has 86 valence electrons. The average Bonchev–Trinajstić information content (AvgIpc) is 2.27. The van der Waals surface area contributed by atoms with E-state index in [4.69, 9.17) is 16.3 Å². The fourth-order valence-corrected chi connectivity index (χ4v) is 1.24. The molecule has 0 aliphatic heterocycles. The number of hydrogen-bond acceptors (Lipinski definition) is 4. The van der Waals surface area contributed by atoms with Gasteiger partial charge in [-0.25, -0.2) is 9.59 Å². The minimum absolute atomic E-state index is 0.230. The first-order valence-electron chi connectivity index (χ1n) is 4.72. The van der Waals surface area contributed by atoms with E-state index in [1.54, 1.807) is 25.1 Å². The molecule has 0 spiro atoms. The van der Waals surface area contributed by atoms with Gasteiger partial charge in [-0.1, -0.05) is 23.7 Å². The Morgan fingerprint density at radius 3 is 2.56 bits per heavy atom. The molecule has 0 atom stereocenters. The molecule has 0 aliphatic carbocycles. The summed E-state index contributed by atoms with van der Waals surface area (Å²) in [5.74, 6) is -1.22. The van der Waals surface area contributed by atoms with Gasteiger partial charge in [-0.15, -0.1) is 0 Å². The molecule has 0 N–H and O–H groups in total. The van der Waals surface area contributed by atoms with Crippen LogP contribution in [0.3, 0.4) is 0 Å². The van der Waals surface area contributed by atoms with Crippen molar-refractivity contribution in [3.8, 4) is 0 Å². The molecule has 0 saturated carbocycles. The van der Waals surface area contributed by atoms with Gasteiger partial charge in [0.25, 0.3) is 0 Å². The molecular formula is C11H11ClO4. The first-order valence-corrected chi connectivity index (χ1v) is 5.10. The Morgan fingerprint density at radius 1 is 1.25 bits per heavy atom. The highest BCUT2D eigenvalue weighted by atomic mass is 35.5. The van der Waals surface area contributed by atoms with Crippen LogP contribution in [0.5, 0.6) is 0 Å². The molecule has 1 rings (SSSR count). The summed E-state index contributed by atoms with van der Waals surface area (Å²) in [6, 6.07) is 6.45. The van der Waals surface area contributed by atoms with E-state index in [1.165, 1.54) is 6.07 Å². The Bertz CT molecular complexity index is 389. The highest BCUT2D eigenvalue weighted by Gasteiger charge is 2.13. The monoisotopic (exact) mass is 242 g/mol. The van der Waals surface area contributed by atoms with Gasteiger partial charge >= 0.3 is 11.9 Å². The summed E-state index contributed by atoms with van der Waals surface area (Å²) in [5.41, 5.74) is 0.230. The summed E-state index contributed by atoms with van der Waals surface area (Å²) >= 11 is 5.78. The van der Waals surface area contributed by atoms with Crippen molar-refractivity contribution in [1.82, 2.24) is 0 Å². The van der Waals surface area contributed by atoms with Crippen molar-refractivity contribution in [1.29, 1.82) is 0 Å². The minimum Gasteiger partial charge on any atom is -0.463 e. The molecule has 0 saturated heterocycles. The van der Waals surface area contributed by atoms with E-state index in [0.29, 0.717) is 0 Å². The Balaban J connectivity index is 2.54. The lowest BCUT2D eigenvalue weighted by atomic mass is 10.2. The SMILES string of the molecule is CCOC(=O)COC(=O)c1ccccc1Cl. The molecule has 5 heteroatoms. The van der Waals surface area contributed by atoms with Crippen molar-refractivity contribution < 1.29 is 19.1 Å². The van der Waals surface area contributed by atoms with E-state index in [9.17, 15) is 9.59 Å². The smallest absolute Gasteiger partial charge is 0.344 e. The molecule has 16 heavy (non-hydrogen) atoms. The fourth-order valence-electron chi connectivity index (χ4n) is 1.03. The van der Waals surface area contributed by atoms with E-state index in [1.807, 2.05) is 0 Å². The zero-order chi connectivity index (χ0) is 12.0. The van der Waals surface area contributed by atoms with Crippen LogP contribution in [0.15, 0.2) is 24.3 Å². The van der Waals surface area contributed by atoms with Crippen molar-refractivity contribution in [2.45, 2.75) is 6.92 Å². The predicted octanol–water partition coefficient (Wildman–Crippen LogP) is 2.06. The molecule has 1 aromatic carbocycles. The van der Waals surface area contributed by atoms with Crippen molar-refractivity contribution >= 4 is 23.5 Å². The van der Waals surface area contributed by atoms with Crippen molar-refractivity contribution in [2.24, 2.45) is 0 Å². The summed E-state index contributed by atoms with van der Waals surface area (Å²) in [5, 5.41) is 0.288. The Kier molecular flexibility index (Phi) is 4.79. The highest BCUT2D eigenvalue weighted by Crippen LogP contribution is 2.15. The zero-order valence-electron chi connectivity index (χ0n) is 8.73. The van der Waals surface area contributed by atoms with Gasteiger partial charge in [-0.2, -0.15) is 0 Å². The maximum Gasteiger partial charge on any atom is 0.344 e. The summed E-state index contributed by atoms with van der Waals surface area (Å²) in [6.45, 7) is 1.52. The van der Waals surface area contributed by atoms with Gasteiger partial charge in [0.15, 0.2) is 6.61 Å². The third-order valence-corrected chi connectivity index (χ3v) is 2.05. The Hall–Kier alpha value is -1.55. The summed E-state index contributed by atoms with van der Waals surface area (Å²) < 4.78 is 9.33. The lowest BCUT2D eigenvalue weighted by Gasteiger charge is -2.05. The number of ether oxygens (including phenoxy) is 2. The van der Waals surface area contributed by atoms with E-state index in [0.717, 1.165) is 0 Å². The third kappa shape index (κ3) is 3.55. The number of benzene rings is 1. The molecule has 0 heterocycles. The summed E-state index contributed by atoms with van der Waals surface area (Å²) in [6.07, 6.45) is 0. The molecule has 0 radical (unpaired) electrons. The van der Waals surface area contributed by atoms with Crippen molar-refractivity contribution in [3.05, 3.63) is 34.9 Å². The second kappa shape index (κ2) is 6.12. The van der Waals surface area contributed by atoms with Gasteiger partial charge in [0.05, 0.1) is 17.2 Å². The van der Waals surface area contributed by atoms with E-state index in [2.05, 4.69) is 4.74 Å². The second-order valence-corrected chi connectivity index (χ2v) is 3.27. The first-order chi connectivity index (χ1) is 7.65. The molecule has 0 aliphatic rings. The standard InChI is InChI=1S/C11H11ClO4/c1-2-15-10(13)7-16-11(14)8-5-3-4-6-9(8)12/h3-6H,2,7H2,1H3. The Morgan fingerprint density at radius 2 is 1.94 bits per heavy atom. The molecule has 4 nitrogen and oxygen atoms in total. The number of rotatable bonds is 4. The number of hydrogen-bond donors (Lipinski definition) is 0. The van der Waals surface area contributed by atoms with Crippen LogP contribution >= 0.6 is 11.6 Å². The van der Waals surface area contributed by atoms with E-state index >= 15 is 0 Å². The van der Waals surface area contributed by atoms with Crippen LogP contribution < -0.4 is 0 Å². The normalized spacial score (nSPS) is 9.62. The summed E-state index contributed by atoms with van der Waals surface area (Å²) in [7, 11) is 0. The summed E-state index contributed by atoms with van der Waals surface area (Å²) in [4.78, 5) is 22.4. The average molecular weight is 243 g/mol. The second-order valence-electron chi connectivity index (χ2n) is 2.86. The maximum absolute atomic E-state index is 11.5. The van der Waals surface area contributed by atoms with Gasteiger partial charge in [-0.3, -0.25) is 0 Å². The number of carbonyl (C=O) groups excluding carboxylic acids is 2. The molecule has 0 unspecified atom stereocenters. The van der Waals surface area contributed by atoms with Gasteiger partial charge < -0.3 is 9.47 Å². The zero-order valence-corrected chi connectivity index (χ0v) is 9.49. The fraction of sp³-hybridized carbons (Fsp3) is 0.273. The van der Waals surface area contributed by atoms with Gasteiger partial charge in [0.2, 0.25) is 0 Å². The number of halogens is 1.